The van der Waals surface area contributed by atoms with Gasteiger partial charge in [-0.15, -0.1) is 0 Å². The molecule has 150 valence electrons. The van der Waals surface area contributed by atoms with Crippen LogP contribution in [-0.4, -0.2) is 51.9 Å². The van der Waals surface area contributed by atoms with Crippen molar-refractivity contribution in [2.75, 3.05) is 6.61 Å². The molecule has 3 atom stereocenters. The minimum atomic E-state index is -4.12. The molecule has 0 radical (unpaired) electrons. The van der Waals surface area contributed by atoms with Crippen LogP contribution in [0.5, 0.6) is 0 Å². The molecule has 29 heavy (non-hydrogen) atoms. The molecule has 0 bridgehead atoms. The van der Waals surface area contributed by atoms with Crippen LogP contribution in [0.1, 0.15) is 23.9 Å². The smallest absolute Gasteiger partial charge is 0.333 e. The number of rotatable bonds is 4. The number of aliphatic hydroxyl groups is 1. The Balaban J connectivity index is 1.58. The summed E-state index contributed by atoms with van der Waals surface area (Å²) in [6.45, 7) is -0.383. The fourth-order valence-corrected chi connectivity index (χ4v) is 3.33. The minimum Gasteiger partial charge on any atom is -0.390 e. The first-order valence-corrected chi connectivity index (χ1v) is 10.1. The lowest BCUT2D eigenvalue weighted by atomic mass is 10.2. The highest BCUT2D eigenvalue weighted by Crippen LogP contribution is 2.31. The van der Waals surface area contributed by atoms with Gasteiger partial charge in [0.15, 0.2) is 5.65 Å². The lowest BCUT2D eigenvalue weighted by Gasteiger charge is -2.15. The molecule has 3 N–H and O–H groups in total. The molecule has 3 aromatic rings. The molecule has 0 aliphatic carbocycles. The highest BCUT2D eigenvalue weighted by Gasteiger charge is 2.36. The van der Waals surface area contributed by atoms with Crippen LogP contribution in [0.2, 0.25) is 0 Å². The molecule has 0 amide bonds. The summed E-state index contributed by atoms with van der Waals surface area (Å²) in [6.07, 6.45) is 0.719. The van der Waals surface area contributed by atoms with E-state index in [4.69, 9.17) is 9.88 Å². The van der Waals surface area contributed by atoms with Gasteiger partial charge >= 0.3 is 10.3 Å². The van der Waals surface area contributed by atoms with Gasteiger partial charge in [0.1, 0.15) is 29.9 Å². The van der Waals surface area contributed by atoms with Crippen molar-refractivity contribution in [3.8, 4) is 11.8 Å². The van der Waals surface area contributed by atoms with Crippen molar-refractivity contribution < 1.29 is 22.4 Å². The van der Waals surface area contributed by atoms with Crippen LogP contribution in [0.4, 0.5) is 0 Å². The second kappa shape index (κ2) is 7.86. The average Bonchev–Trinajstić information content (AvgIpc) is 3.28. The molecule has 1 aliphatic heterocycles. The number of hydrogen-bond donors (Lipinski definition) is 2. The van der Waals surface area contributed by atoms with Gasteiger partial charge in [0.05, 0.1) is 19.0 Å². The van der Waals surface area contributed by atoms with E-state index in [0.717, 1.165) is 5.56 Å². The fourth-order valence-electron chi connectivity index (χ4n) is 3.00. The SMILES string of the molecule is NS(=O)(=O)OCC1OC(n2cnc3c(C#Cc4ccccc4)ncnc32)CC1O. The summed E-state index contributed by atoms with van der Waals surface area (Å²) in [5.41, 5.74) is 2.30. The van der Waals surface area contributed by atoms with E-state index in [1.807, 2.05) is 30.3 Å². The number of aromatic nitrogens is 4. The Kier molecular flexibility index (Phi) is 5.27. The number of nitrogens with zero attached hydrogens (tertiary/aromatic N) is 4. The van der Waals surface area contributed by atoms with Gasteiger partial charge in [-0.3, -0.25) is 8.75 Å². The molecular weight excluding hydrogens is 398 g/mol. The van der Waals surface area contributed by atoms with E-state index in [-0.39, 0.29) is 13.0 Å². The van der Waals surface area contributed by atoms with Crippen LogP contribution in [-0.2, 0) is 19.2 Å². The zero-order valence-electron chi connectivity index (χ0n) is 15.0. The van der Waals surface area contributed by atoms with Crippen LogP contribution < -0.4 is 5.14 Å². The highest BCUT2D eigenvalue weighted by molar-refractivity contribution is 7.84. The Labute approximate surface area is 166 Å². The van der Waals surface area contributed by atoms with Crippen molar-refractivity contribution in [3.05, 3.63) is 54.2 Å². The first-order chi connectivity index (χ1) is 13.9. The number of benzene rings is 1. The molecule has 0 saturated carbocycles. The van der Waals surface area contributed by atoms with Gasteiger partial charge in [-0.25, -0.2) is 20.1 Å². The van der Waals surface area contributed by atoms with Gasteiger partial charge in [0.25, 0.3) is 0 Å². The summed E-state index contributed by atoms with van der Waals surface area (Å²) in [5.74, 6) is 6.03. The molecule has 2 aromatic heterocycles. The molecule has 3 heterocycles. The van der Waals surface area contributed by atoms with Crippen molar-refractivity contribution in [1.82, 2.24) is 19.5 Å². The molecule has 3 unspecified atom stereocenters. The zero-order valence-corrected chi connectivity index (χ0v) is 15.9. The van der Waals surface area contributed by atoms with Gasteiger partial charge in [0.2, 0.25) is 0 Å². The van der Waals surface area contributed by atoms with E-state index in [1.165, 1.54) is 12.7 Å². The summed E-state index contributed by atoms with van der Waals surface area (Å²) in [5, 5.41) is 15.0. The number of nitrogens with two attached hydrogens (primary N) is 1. The van der Waals surface area contributed by atoms with Crippen LogP contribution >= 0.6 is 0 Å². The molecule has 10 nitrogen and oxygen atoms in total. The minimum absolute atomic E-state index is 0.207. The molecule has 11 heteroatoms. The van der Waals surface area contributed by atoms with Crippen molar-refractivity contribution in [2.24, 2.45) is 5.14 Å². The summed E-state index contributed by atoms with van der Waals surface area (Å²) < 4.78 is 33.8. The standard InChI is InChI=1S/C18H17N5O5S/c19-29(25,26)27-9-15-14(24)8-16(28-15)23-11-22-17-13(20-10-21-18(17)23)7-6-12-4-2-1-3-5-12/h1-5,10-11,14-16,24H,8-9H2,(H2,19,25,26). The monoisotopic (exact) mass is 415 g/mol. The fraction of sp³-hybridized carbons (Fsp3) is 0.278. The number of ether oxygens (including phenoxy) is 1. The number of fused-ring (bicyclic) bond motifs is 1. The summed E-state index contributed by atoms with van der Waals surface area (Å²) >= 11 is 0. The third-order valence-corrected chi connectivity index (χ3v) is 4.83. The third kappa shape index (κ3) is 4.42. The Morgan fingerprint density at radius 3 is 2.79 bits per heavy atom. The molecule has 0 spiro atoms. The largest absolute Gasteiger partial charge is 0.390 e. The van der Waals surface area contributed by atoms with Crippen LogP contribution in [0.3, 0.4) is 0 Å². The molecule has 1 saturated heterocycles. The Bertz CT molecular complexity index is 1190. The molecular formula is C18H17N5O5S. The maximum atomic E-state index is 11.0. The van der Waals surface area contributed by atoms with Crippen molar-refractivity contribution in [2.45, 2.75) is 24.9 Å². The maximum Gasteiger partial charge on any atom is 0.333 e. The van der Waals surface area contributed by atoms with Crippen molar-refractivity contribution in [1.29, 1.82) is 0 Å². The summed E-state index contributed by atoms with van der Waals surface area (Å²) in [6, 6.07) is 9.48. The van der Waals surface area contributed by atoms with Crippen LogP contribution in [0, 0.1) is 11.8 Å². The van der Waals surface area contributed by atoms with Gasteiger partial charge in [-0.1, -0.05) is 24.1 Å². The van der Waals surface area contributed by atoms with Gasteiger partial charge in [-0.05, 0) is 18.1 Å². The first-order valence-electron chi connectivity index (χ1n) is 8.66. The molecule has 1 fully saturated rings. The second-order valence-electron chi connectivity index (χ2n) is 6.37. The van der Waals surface area contributed by atoms with Gasteiger partial charge in [-0.2, -0.15) is 8.42 Å². The van der Waals surface area contributed by atoms with Crippen molar-refractivity contribution in [3.63, 3.8) is 0 Å². The number of hydrogen-bond acceptors (Lipinski definition) is 8. The van der Waals surface area contributed by atoms with E-state index >= 15 is 0 Å². The zero-order chi connectivity index (χ0) is 20.4. The van der Waals surface area contributed by atoms with E-state index in [1.54, 1.807) is 4.57 Å². The maximum absolute atomic E-state index is 11.0. The predicted octanol–water partition coefficient (Wildman–Crippen LogP) is 0.0946. The predicted molar refractivity (Wildman–Crippen MR) is 101 cm³/mol. The topological polar surface area (TPSA) is 142 Å². The summed E-state index contributed by atoms with van der Waals surface area (Å²) in [7, 11) is -4.12. The van der Waals surface area contributed by atoms with Crippen molar-refractivity contribution >= 4 is 21.5 Å². The molecule has 1 aliphatic rings. The highest BCUT2D eigenvalue weighted by atomic mass is 32.2. The average molecular weight is 415 g/mol. The Morgan fingerprint density at radius 1 is 1.24 bits per heavy atom. The van der Waals surface area contributed by atoms with Gasteiger partial charge < -0.3 is 9.84 Å². The Morgan fingerprint density at radius 2 is 2.03 bits per heavy atom. The van der Waals surface area contributed by atoms with Crippen LogP contribution in [0.15, 0.2) is 43.0 Å². The van der Waals surface area contributed by atoms with Crippen LogP contribution in [0.25, 0.3) is 11.2 Å². The third-order valence-electron chi connectivity index (χ3n) is 4.37. The quantitative estimate of drug-likeness (QED) is 0.571. The second-order valence-corrected chi connectivity index (χ2v) is 7.59. The first kappa shape index (κ1) is 19.4. The van der Waals surface area contributed by atoms with E-state index < -0.39 is 28.7 Å². The number of imidazole rings is 1. The molecule has 1 aromatic carbocycles. The Hall–Kier alpha value is -2.88. The number of aliphatic hydroxyl groups excluding tert-OH is 1. The lowest BCUT2D eigenvalue weighted by molar-refractivity contribution is -0.0371. The molecule has 4 rings (SSSR count). The summed E-state index contributed by atoms with van der Waals surface area (Å²) in [4.78, 5) is 12.8. The normalized spacial score (nSPS) is 21.8. The van der Waals surface area contributed by atoms with Gasteiger partial charge in [0, 0.05) is 12.0 Å². The van der Waals surface area contributed by atoms with E-state index in [9.17, 15) is 13.5 Å². The lowest BCUT2D eigenvalue weighted by Crippen LogP contribution is -2.30. The van der Waals surface area contributed by atoms with E-state index in [0.29, 0.717) is 16.9 Å². The van der Waals surface area contributed by atoms with E-state index in [2.05, 4.69) is 31.0 Å².